The standard InChI is InChI=1S/C15H22N2S2/c1-12(13-6-5-9-18-13)17-14-16-10-15(11-19-14)7-3-2-4-8-15/h5-6,9,12H,2-4,7-8,10-11H2,1H3,(H,16,17). The maximum absolute atomic E-state index is 4.83. The molecule has 3 rings (SSSR count). The van der Waals surface area contributed by atoms with Crippen LogP contribution in [0, 0.1) is 5.41 Å². The number of aliphatic imine (C=N–C) groups is 1. The van der Waals surface area contributed by atoms with Crippen molar-refractivity contribution < 1.29 is 0 Å². The van der Waals surface area contributed by atoms with Crippen LogP contribution in [-0.4, -0.2) is 17.5 Å². The summed E-state index contributed by atoms with van der Waals surface area (Å²) in [6, 6.07) is 4.69. The molecule has 2 aliphatic rings. The first-order chi connectivity index (χ1) is 9.27. The zero-order chi connectivity index (χ0) is 13.1. The van der Waals surface area contributed by atoms with E-state index in [1.807, 2.05) is 23.1 Å². The molecule has 1 spiro atoms. The first-order valence-electron chi connectivity index (χ1n) is 7.25. The molecule has 1 saturated carbocycles. The van der Waals surface area contributed by atoms with Crippen LogP contribution in [0.5, 0.6) is 0 Å². The molecule has 1 aromatic heterocycles. The number of thiophene rings is 1. The van der Waals surface area contributed by atoms with Gasteiger partial charge in [-0.2, -0.15) is 0 Å². The number of nitrogens with zero attached hydrogens (tertiary/aromatic N) is 1. The molecule has 0 radical (unpaired) electrons. The lowest BCUT2D eigenvalue weighted by Crippen LogP contribution is -2.37. The Bertz CT molecular complexity index is 433. The van der Waals surface area contributed by atoms with E-state index in [9.17, 15) is 0 Å². The summed E-state index contributed by atoms with van der Waals surface area (Å²) in [5, 5.41) is 6.86. The molecule has 2 nitrogen and oxygen atoms in total. The molecule has 1 aromatic rings. The average molecular weight is 294 g/mol. The molecule has 4 heteroatoms. The third kappa shape index (κ3) is 3.16. The van der Waals surface area contributed by atoms with Crippen LogP contribution < -0.4 is 5.32 Å². The Morgan fingerprint density at radius 2 is 2.16 bits per heavy atom. The SMILES string of the molecule is CC(NC1=NCC2(CCCCC2)CS1)c1cccs1. The number of hydrogen-bond donors (Lipinski definition) is 1. The lowest BCUT2D eigenvalue weighted by Gasteiger charge is -2.38. The molecule has 2 heterocycles. The van der Waals surface area contributed by atoms with Crippen LogP contribution in [0.3, 0.4) is 0 Å². The summed E-state index contributed by atoms with van der Waals surface area (Å²) >= 11 is 3.75. The minimum atomic E-state index is 0.381. The van der Waals surface area contributed by atoms with Crippen molar-refractivity contribution in [1.29, 1.82) is 0 Å². The van der Waals surface area contributed by atoms with E-state index in [1.165, 1.54) is 42.7 Å². The summed E-state index contributed by atoms with van der Waals surface area (Å²) in [6.07, 6.45) is 7.01. The summed E-state index contributed by atoms with van der Waals surface area (Å²) in [6.45, 7) is 3.26. The van der Waals surface area contributed by atoms with E-state index in [2.05, 4.69) is 29.8 Å². The zero-order valence-corrected chi connectivity index (χ0v) is 13.2. The highest BCUT2D eigenvalue weighted by Gasteiger charge is 2.35. The van der Waals surface area contributed by atoms with E-state index in [0.29, 0.717) is 11.5 Å². The molecule has 1 aliphatic heterocycles. The van der Waals surface area contributed by atoms with Gasteiger partial charge < -0.3 is 5.32 Å². The first kappa shape index (κ1) is 13.5. The molecule has 1 atom stereocenters. The molecule has 1 aliphatic carbocycles. The monoisotopic (exact) mass is 294 g/mol. The Morgan fingerprint density at radius 3 is 2.79 bits per heavy atom. The fourth-order valence-electron chi connectivity index (χ4n) is 3.04. The topological polar surface area (TPSA) is 24.4 Å². The molecule has 0 aromatic carbocycles. The van der Waals surface area contributed by atoms with E-state index < -0.39 is 0 Å². The van der Waals surface area contributed by atoms with Gasteiger partial charge in [-0.15, -0.1) is 11.3 Å². The lowest BCUT2D eigenvalue weighted by atomic mass is 9.75. The van der Waals surface area contributed by atoms with Gasteiger partial charge in [-0.25, -0.2) is 0 Å². The van der Waals surface area contributed by atoms with Crippen LogP contribution in [0.2, 0.25) is 0 Å². The number of hydrogen-bond acceptors (Lipinski definition) is 4. The second-order valence-corrected chi connectivity index (χ2v) is 7.80. The Balaban J connectivity index is 1.59. The molecule has 19 heavy (non-hydrogen) atoms. The average Bonchev–Trinajstić information content (AvgIpc) is 2.97. The van der Waals surface area contributed by atoms with Crippen LogP contribution in [-0.2, 0) is 0 Å². The van der Waals surface area contributed by atoms with Crippen molar-refractivity contribution in [3.8, 4) is 0 Å². The minimum absolute atomic E-state index is 0.381. The molecular formula is C15H22N2S2. The summed E-state index contributed by atoms with van der Waals surface area (Å²) in [4.78, 5) is 6.22. The van der Waals surface area contributed by atoms with Gasteiger partial charge in [0.1, 0.15) is 0 Å². The summed E-state index contributed by atoms with van der Waals surface area (Å²) in [5.41, 5.74) is 0.528. The fraction of sp³-hybridized carbons (Fsp3) is 0.667. The second kappa shape index (κ2) is 5.88. The Labute approximate surface area is 124 Å². The van der Waals surface area contributed by atoms with Gasteiger partial charge in [0, 0.05) is 17.2 Å². The number of nitrogens with one attached hydrogen (secondary N) is 1. The van der Waals surface area contributed by atoms with Gasteiger partial charge in [-0.1, -0.05) is 37.1 Å². The van der Waals surface area contributed by atoms with Gasteiger partial charge in [0.05, 0.1) is 6.04 Å². The number of rotatable bonds is 2. The molecule has 0 amide bonds. The number of thioether (sulfide) groups is 1. The Morgan fingerprint density at radius 1 is 1.32 bits per heavy atom. The zero-order valence-electron chi connectivity index (χ0n) is 11.5. The van der Waals surface area contributed by atoms with Gasteiger partial charge in [0.25, 0.3) is 0 Å². The van der Waals surface area contributed by atoms with Crippen molar-refractivity contribution in [2.75, 3.05) is 12.3 Å². The van der Waals surface area contributed by atoms with Crippen molar-refractivity contribution in [2.45, 2.75) is 45.1 Å². The van der Waals surface area contributed by atoms with Crippen molar-refractivity contribution in [3.05, 3.63) is 22.4 Å². The van der Waals surface area contributed by atoms with Gasteiger partial charge >= 0.3 is 0 Å². The van der Waals surface area contributed by atoms with Crippen molar-refractivity contribution in [1.82, 2.24) is 5.32 Å². The van der Waals surface area contributed by atoms with Crippen LogP contribution in [0.15, 0.2) is 22.5 Å². The first-order valence-corrected chi connectivity index (χ1v) is 9.11. The van der Waals surface area contributed by atoms with Crippen molar-refractivity contribution in [3.63, 3.8) is 0 Å². The van der Waals surface area contributed by atoms with Gasteiger partial charge in [-0.05, 0) is 36.6 Å². The summed E-state index contributed by atoms with van der Waals surface area (Å²) in [7, 11) is 0. The highest BCUT2D eigenvalue weighted by molar-refractivity contribution is 8.13. The largest absolute Gasteiger partial charge is 0.358 e. The molecule has 1 unspecified atom stereocenters. The van der Waals surface area contributed by atoms with Gasteiger partial charge in [-0.3, -0.25) is 4.99 Å². The van der Waals surface area contributed by atoms with E-state index in [4.69, 9.17) is 4.99 Å². The predicted molar refractivity (Wildman–Crippen MR) is 86.1 cm³/mol. The normalized spacial score (nSPS) is 23.9. The molecular weight excluding hydrogens is 272 g/mol. The molecule has 1 N–H and O–H groups in total. The van der Waals surface area contributed by atoms with E-state index >= 15 is 0 Å². The number of amidine groups is 1. The van der Waals surface area contributed by atoms with Gasteiger partial charge in [0.2, 0.25) is 0 Å². The fourth-order valence-corrected chi connectivity index (χ4v) is 5.01. The van der Waals surface area contributed by atoms with Crippen LogP contribution in [0.4, 0.5) is 0 Å². The molecule has 0 saturated heterocycles. The third-order valence-corrected chi connectivity index (χ3v) is 6.63. The van der Waals surface area contributed by atoms with Crippen LogP contribution >= 0.6 is 23.1 Å². The molecule has 1 fully saturated rings. The quantitative estimate of drug-likeness (QED) is 0.871. The summed E-state index contributed by atoms with van der Waals surface area (Å²) < 4.78 is 0. The Hall–Kier alpha value is -0.480. The maximum Gasteiger partial charge on any atom is 0.157 e. The second-order valence-electron chi connectivity index (χ2n) is 5.85. The van der Waals surface area contributed by atoms with Gasteiger partial charge in [0.15, 0.2) is 5.17 Å². The highest BCUT2D eigenvalue weighted by Crippen LogP contribution is 2.41. The highest BCUT2D eigenvalue weighted by atomic mass is 32.2. The smallest absolute Gasteiger partial charge is 0.157 e. The lowest BCUT2D eigenvalue weighted by molar-refractivity contribution is 0.232. The van der Waals surface area contributed by atoms with E-state index in [1.54, 1.807) is 0 Å². The Kier molecular flexibility index (Phi) is 4.18. The maximum atomic E-state index is 4.83. The van der Waals surface area contributed by atoms with E-state index in [-0.39, 0.29) is 0 Å². The summed E-state index contributed by atoms with van der Waals surface area (Å²) in [5.74, 6) is 1.26. The molecule has 0 bridgehead atoms. The third-order valence-electron chi connectivity index (χ3n) is 4.30. The minimum Gasteiger partial charge on any atom is -0.358 e. The van der Waals surface area contributed by atoms with Crippen LogP contribution in [0.25, 0.3) is 0 Å². The van der Waals surface area contributed by atoms with E-state index in [0.717, 1.165) is 11.7 Å². The van der Waals surface area contributed by atoms with Crippen molar-refractivity contribution >= 4 is 28.3 Å². The molecule has 104 valence electrons. The van der Waals surface area contributed by atoms with Crippen LogP contribution in [0.1, 0.15) is 49.9 Å². The van der Waals surface area contributed by atoms with Crippen molar-refractivity contribution in [2.24, 2.45) is 10.4 Å². The predicted octanol–water partition coefficient (Wildman–Crippen LogP) is 4.45.